The summed E-state index contributed by atoms with van der Waals surface area (Å²) in [4.78, 5) is 1.50. The van der Waals surface area contributed by atoms with Crippen molar-refractivity contribution >= 4 is 0 Å². The van der Waals surface area contributed by atoms with Gasteiger partial charge in [-0.3, -0.25) is 0 Å². The summed E-state index contributed by atoms with van der Waals surface area (Å²) in [5, 5.41) is 0. The Labute approximate surface area is 115 Å². The predicted molar refractivity (Wildman–Crippen MR) is 75.2 cm³/mol. The number of hydrogen-bond acceptors (Lipinski definition) is 0. The fourth-order valence-corrected chi connectivity index (χ4v) is 1.02. The van der Waals surface area contributed by atoms with Crippen molar-refractivity contribution in [1.29, 1.82) is 0 Å². The highest BCUT2D eigenvalue weighted by atomic mass is 35.5. The van der Waals surface area contributed by atoms with E-state index in [9.17, 15) is 0 Å². The summed E-state index contributed by atoms with van der Waals surface area (Å²) in [5.74, 6) is 0.709. The van der Waals surface area contributed by atoms with Gasteiger partial charge in [-0.15, -0.1) is 0 Å². The van der Waals surface area contributed by atoms with Gasteiger partial charge >= 0.3 is 0 Å². The Balaban J connectivity index is -0.000000247. The molecule has 0 aliphatic heterocycles. The smallest absolute Gasteiger partial charge is 0.0738 e. The molecule has 1 rings (SSSR count). The van der Waals surface area contributed by atoms with Crippen LogP contribution in [0.15, 0.2) is 30.3 Å². The van der Waals surface area contributed by atoms with Gasteiger partial charge in [0.25, 0.3) is 0 Å². The van der Waals surface area contributed by atoms with Crippen molar-refractivity contribution in [2.45, 2.75) is 40.5 Å². The minimum Gasteiger partial charge on any atom is -1.00 e. The van der Waals surface area contributed by atoms with Crippen molar-refractivity contribution in [2.24, 2.45) is 0 Å². The molecule has 0 saturated carbocycles. The summed E-state index contributed by atoms with van der Waals surface area (Å²) >= 11 is 0. The second kappa shape index (κ2) is 13.5. The van der Waals surface area contributed by atoms with Crippen LogP contribution >= 0.6 is 0 Å². The van der Waals surface area contributed by atoms with Gasteiger partial charge in [0.15, 0.2) is 0 Å². The molecule has 0 aliphatic rings. The molecule has 102 valence electrons. The predicted octanol–water partition coefficient (Wildman–Crippen LogP) is -0.00900. The van der Waals surface area contributed by atoms with Gasteiger partial charge in [0, 0.05) is 0 Å². The van der Waals surface area contributed by atoms with Crippen molar-refractivity contribution in [3.63, 3.8) is 0 Å². The fraction of sp³-hybridized carbons (Fsp3) is 0.600. The third-order valence-corrected chi connectivity index (χ3v) is 2.69. The zero-order valence-corrected chi connectivity index (χ0v) is 12.0. The zero-order chi connectivity index (χ0) is 11.7. The van der Waals surface area contributed by atoms with E-state index in [4.69, 9.17) is 0 Å². The summed E-state index contributed by atoms with van der Waals surface area (Å²) in [5.41, 5.74) is 1.45. The minimum absolute atomic E-state index is 0. The van der Waals surface area contributed by atoms with E-state index in [1.54, 1.807) is 0 Å². The molecule has 0 fully saturated rings. The molecule has 0 spiro atoms. The summed E-state index contributed by atoms with van der Waals surface area (Å²) in [6.45, 7) is 7.86. The van der Waals surface area contributed by atoms with Gasteiger partial charge in [-0.1, -0.05) is 51.6 Å². The summed E-state index contributed by atoms with van der Waals surface area (Å²) in [6.07, 6.45) is 1.23. The molecule has 1 atom stereocenters. The lowest BCUT2D eigenvalue weighted by Gasteiger charge is -2.06. The largest absolute Gasteiger partial charge is 1.00 e. The number of benzene rings is 1. The lowest BCUT2D eigenvalue weighted by atomic mass is 9.99. The van der Waals surface area contributed by atoms with Crippen LogP contribution in [0.2, 0.25) is 0 Å². The van der Waals surface area contributed by atoms with Crippen molar-refractivity contribution in [1.82, 2.24) is 0 Å². The zero-order valence-electron chi connectivity index (χ0n) is 11.3. The third-order valence-electron chi connectivity index (χ3n) is 2.69. The first-order valence-corrected chi connectivity index (χ1v) is 5.95. The number of nitrogens with one attached hydrogen (secondary N) is 1. The Morgan fingerprint density at radius 2 is 1.47 bits per heavy atom. The molecular formula is C15H30ClN. The molecule has 0 aliphatic carbocycles. The monoisotopic (exact) mass is 259 g/mol. The molecule has 1 unspecified atom stereocenters. The average molecular weight is 260 g/mol. The average Bonchev–Trinajstić information content (AvgIpc) is 2.30. The van der Waals surface area contributed by atoms with Gasteiger partial charge in [-0.2, -0.15) is 0 Å². The molecule has 17 heavy (non-hydrogen) atoms. The van der Waals surface area contributed by atoms with Crippen LogP contribution in [0.5, 0.6) is 0 Å². The Morgan fingerprint density at radius 3 is 1.76 bits per heavy atom. The van der Waals surface area contributed by atoms with E-state index < -0.39 is 0 Å². The van der Waals surface area contributed by atoms with Gasteiger partial charge in [-0.05, 0) is 24.8 Å². The standard InChI is InChI=1S/C10H14.C4H11N.CH4.ClH/c1-3-9(2)10-7-5-4-6-8-10;1-4-5(2)3;;/h4-9H,3H2,1-2H3;4H2,1-3H3;1H4;1H. The Hall–Kier alpha value is -0.530. The quantitative estimate of drug-likeness (QED) is 0.779. The van der Waals surface area contributed by atoms with E-state index in [1.165, 1.54) is 23.4 Å². The normalized spacial score (nSPS) is 10.5. The van der Waals surface area contributed by atoms with Crippen LogP contribution in [0, 0.1) is 0 Å². The summed E-state index contributed by atoms with van der Waals surface area (Å²) < 4.78 is 0. The second-order valence-electron chi connectivity index (χ2n) is 4.28. The number of hydrogen-bond donors (Lipinski definition) is 1. The van der Waals surface area contributed by atoms with Crippen LogP contribution < -0.4 is 17.3 Å². The Bertz CT molecular complexity index is 234. The molecule has 0 radical (unpaired) electrons. The van der Waals surface area contributed by atoms with Crippen LogP contribution in [0.25, 0.3) is 0 Å². The highest BCUT2D eigenvalue weighted by Crippen LogP contribution is 2.16. The first-order valence-electron chi connectivity index (χ1n) is 5.95. The van der Waals surface area contributed by atoms with Gasteiger partial charge in [-0.25, -0.2) is 0 Å². The number of rotatable bonds is 3. The van der Waals surface area contributed by atoms with E-state index in [2.05, 4.69) is 65.2 Å². The maximum absolute atomic E-state index is 2.26. The summed E-state index contributed by atoms with van der Waals surface area (Å²) in [7, 11) is 4.28. The highest BCUT2D eigenvalue weighted by Gasteiger charge is 1.98. The highest BCUT2D eigenvalue weighted by molar-refractivity contribution is 5.18. The molecule has 1 aromatic carbocycles. The SMILES string of the molecule is C.CCC(C)c1ccccc1.CC[NH+](C)C.[Cl-]. The van der Waals surface area contributed by atoms with Crippen molar-refractivity contribution < 1.29 is 17.3 Å². The van der Waals surface area contributed by atoms with E-state index in [1.807, 2.05) is 0 Å². The topological polar surface area (TPSA) is 4.44 Å². The molecule has 2 heteroatoms. The lowest BCUT2D eigenvalue weighted by Crippen LogP contribution is -3.05. The summed E-state index contributed by atoms with van der Waals surface area (Å²) in [6, 6.07) is 10.6. The van der Waals surface area contributed by atoms with E-state index in [0.717, 1.165) is 0 Å². The molecule has 0 amide bonds. The first kappa shape index (κ1) is 21.7. The van der Waals surface area contributed by atoms with Crippen LogP contribution in [0.4, 0.5) is 0 Å². The maximum atomic E-state index is 2.26. The molecule has 1 aromatic rings. The van der Waals surface area contributed by atoms with Gasteiger partial charge in [0.05, 0.1) is 20.6 Å². The third kappa shape index (κ3) is 11.7. The van der Waals surface area contributed by atoms with Crippen molar-refractivity contribution in [3.05, 3.63) is 35.9 Å². The molecular weight excluding hydrogens is 230 g/mol. The Morgan fingerprint density at radius 1 is 1.06 bits per heavy atom. The molecule has 0 bridgehead atoms. The molecule has 0 aromatic heterocycles. The molecule has 0 heterocycles. The second-order valence-corrected chi connectivity index (χ2v) is 4.28. The van der Waals surface area contributed by atoms with Gasteiger partial charge in [0.2, 0.25) is 0 Å². The van der Waals surface area contributed by atoms with Crippen LogP contribution in [-0.2, 0) is 0 Å². The van der Waals surface area contributed by atoms with Crippen LogP contribution in [-0.4, -0.2) is 20.6 Å². The first-order chi connectivity index (χ1) is 7.11. The Kier molecular flexibility index (Phi) is 17.3. The van der Waals surface area contributed by atoms with E-state index >= 15 is 0 Å². The maximum Gasteiger partial charge on any atom is 0.0738 e. The van der Waals surface area contributed by atoms with E-state index in [0.29, 0.717) is 5.92 Å². The van der Waals surface area contributed by atoms with Crippen LogP contribution in [0.3, 0.4) is 0 Å². The van der Waals surface area contributed by atoms with E-state index in [-0.39, 0.29) is 19.8 Å². The lowest BCUT2D eigenvalue weighted by molar-refractivity contribution is -0.856. The minimum atomic E-state index is 0. The molecule has 0 saturated heterocycles. The number of quaternary nitrogens is 1. The van der Waals surface area contributed by atoms with Crippen molar-refractivity contribution in [3.8, 4) is 0 Å². The van der Waals surface area contributed by atoms with Crippen LogP contribution in [0.1, 0.15) is 46.1 Å². The fourth-order valence-electron chi connectivity index (χ4n) is 1.02. The molecule has 1 N–H and O–H groups in total. The number of halogens is 1. The molecule has 1 nitrogen and oxygen atoms in total. The van der Waals surface area contributed by atoms with Gasteiger partial charge < -0.3 is 17.3 Å². The van der Waals surface area contributed by atoms with Crippen molar-refractivity contribution in [2.75, 3.05) is 20.6 Å². The van der Waals surface area contributed by atoms with Gasteiger partial charge in [0.1, 0.15) is 0 Å².